The Bertz CT molecular complexity index is 430. The molecule has 1 rings (SSSR count). The Morgan fingerprint density at radius 2 is 1.94 bits per heavy atom. The van der Waals surface area contributed by atoms with Gasteiger partial charge in [0.2, 0.25) is 0 Å². The molecule has 1 amide bonds. The molecule has 1 aromatic rings. The SMILES string of the molecule is COc1ccccc1C(=O)C(=O)NCCN(C)C. The summed E-state index contributed by atoms with van der Waals surface area (Å²) in [6, 6.07) is 6.68. The summed E-state index contributed by atoms with van der Waals surface area (Å²) in [5.41, 5.74) is 0.280. The molecule has 0 spiro atoms. The maximum Gasteiger partial charge on any atom is 0.292 e. The molecule has 0 aliphatic carbocycles. The van der Waals surface area contributed by atoms with Gasteiger partial charge in [-0.25, -0.2) is 0 Å². The number of ketones is 1. The van der Waals surface area contributed by atoms with Crippen molar-refractivity contribution in [3.8, 4) is 5.75 Å². The van der Waals surface area contributed by atoms with Crippen molar-refractivity contribution in [2.45, 2.75) is 0 Å². The smallest absolute Gasteiger partial charge is 0.292 e. The Kier molecular flexibility index (Phi) is 5.32. The number of hydrogen-bond donors (Lipinski definition) is 1. The van der Waals surface area contributed by atoms with E-state index in [1.165, 1.54) is 7.11 Å². The highest BCUT2D eigenvalue weighted by atomic mass is 16.5. The number of nitrogens with one attached hydrogen (secondary N) is 1. The number of para-hydroxylation sites is 1. The van der Waals surface area contributed by atoms with Crippen LogP contribution in [0.4, 0.5) is 0 Å². The Labute approximate surface area is 107 Å². The molecule has 0 aliphatic heterocycles. The zero-order valence-corrected chi connectivity index (χ0v) is 10.9. The second-order valence-electron chi connectivity index (χ2n) is 4.09. The lowest BCUT2D eigenvalue weighted by molar-refractivity contribution is -0.117. The van der Waals surface area contributed by atoms with Gasteiger partial charge in [-0.05, 0) is 26.2 Å². The van der Waals surface area contributed by atoms with Crippen LogP contribution >= 0.6 is 0 Å². The van der Waals surface area contributed by atoms with Gasteiger partial charge < -0.3 is 15.0 Å². The minimum atomic E-state index is -0.610. The molecule has 0 heterocycles. The Balaban J connectivity index is 2.66. The molecule has 0 aromatic heterocycles. The van der Waals surface area contributed by atoms with E-state index in [2.05, 4.69) is 5.32 Å². The zero-order valence-electron chi connectivity index (χ0n) is 10.9. The van der Waals surface area contributed by atoms with Crippen LogP contribution in [0.3, 0.4) is 0 Å². The molecule has 1 aromatic carbocycles. The van der Waals surface area contributed by atoms with Crippen molar-refractivity contribution in [2.75, 3.05) is 34.3 Å². The first-order valence-electron chi connectivity index (χ1n) is 5.66. The molecule has 0 saturated heterocycles. The van der Waals surface area contributed by atoms with Crippen LogP contribution in [0.15, 0.2) is 24.3 Å². The number of nitrogens with zero attached hydrogens (tertiary/aromatic N) is 1. The van der Waals surface area contributed by atoms with Crippen molar-refractivity contribution in [1.82, 2.24) is 10.2 Å². The van der Waals surface area contributed by atoms with E-state index in [4.69, 9.17) is 4.74 Å². The zero-order chi connectivity index (χ0) is 13.5. The van der Waals surface area contributed by atoms with Gasteiger partial charge in [-0.1, -0.05) is 12.1 Å². The summed E-state index contributed by atoms with van der Waals surface area (Å²) in [6.45, 7) is 1.12. The van der Waals surface area contributed by atoms with Gasteiger partial charge in [-0.2, -0.15) is 0 Å². The van der Waals surface area contributed by atoms with Crippen molar-refractivity contribution in [3.05, 3.63) is 29.8 Å². The second kappa shape index (κ2) is 6.76. The number of benzene rings is 1. The molecule has 0 aliphatic rings. The number of Topliss-reactive ketones (excluding diaryl/α,β-unsaturated/α-hetero) is 1. The average molecular weight is 250 g/mol. The van der Waals surface area contributed by atoms with E-state index in [0.29, 0.717) is 18.8 Å². The molecule has 0 radical (unpaired) electrons. The first-order valence-corrected chi connectivity index (χ1v) is 5.66. The lowest BCUT2D eigenvalue weighted by Gasteiger charge is -2.10. The fraction of sp³-hybridized carbons (Fsp3) is 0.385. The molecule has 0 unspecified atom stereocenters. The predicted molar refractivity (Wildman–Crippen MR) is 68.9 cm³/mol. The number of carbonyl (C=O) groups excluding carboxylic acids is 2. The van der Waals surface area contributed by atoms with Crippen LogP contribution in [0.25, 0.3) is 0 Å². The minimum absolute atomic E-state index is 0.280. The predicted octanol–water partition coefficient (Wildman–Crippen LogP) is 0.556. The standard InChI is InChI=1S/C13H18N2O3/c1-15(2)9-8-14-13(17)12(16)10-6-4-5-7-11(10)18-3/h4-7H,8-9H2,1-3H3,(H,14,17). The molecule has 5 heteroatoms. The minimum Gasteiger partial charge on any atom is -0.496 e. The molecule has 0 atom stereocenters. The van der Waals surface area contributed by atoms with Gasteiger partial charge in [0.15, 0.2) is 0 Å². The Morgan fingerprint density at radius 1 is 1.28 bits per heavy atom. The van der Waals surface area contributed by atoms with Gasteiger partial charge in [0.25, 0.3) is 11.7 Å². The van der Waals surface area contributed by atoms with Gasteiger partial charge in [0.1, 0.15) is 5.75 Å². The van der Waals surface area contributed by atoms with Crippen molar-refractivity contribution < 1.29 is 14.3 Å². The monoisotopic (exact) mass is 250 g/mol. The first-order chi connectivity index (χ1) is 8.56. The Morgan fingerprint density at radius 3 is 2.56 bits per heavy atom. The van der Waals surface area contributed by atoms with Crippen LogP contribution < -0.4 is 10.1 Å². The highest BCUT2D eigenvalue weighted by molar-refractivity contribution is 6.43. The average Bonchev–Trinajstić information content (AvgIpc) is 2.37. The fourth-order valence-electron chi connectivity index (χ4n) is 1.43. The van der Waals surface area contributed by atoms with E-state index in [1.807, 2.05) is 19.0 Å². The molecule has 5 nitrogen and oxygen atoms in total. The van der Waals surface area contributed by atoms with E-state index >= 15 is 0 Å². The largest absolute Gasteiger partial charge is 0.496 e. The van der Waals surface area contributed by atoms with E-state index in [0.717, 1.165) is 0 Å². The van der Waals surface area contributed by atoms with Crippen LogP contribution in [0, 0.1) is 0 Å². The van der Waals surface area contributed by atoms with Crippen LogP contribution in [0.2, 0.25) is 0 Å². The Hall–Kier alpha value is -1.88. The summed E-state index contributed by atoms with van der Waals surface area (Å²) in [7, 11) is 5.26. The van der Waals surface area contributed by atoms with Crippen LogP contribution in [0.5, 0.6) is 5.75 Å². The van der Waals surface area contributed by atoms with Gasteiger partial charge in [-0.15, -0.1) is 0 Å². The van der Waals surface area contributed by atoms with Gasteiger partial charge in [-0.3, -0.25) is 9.59 Å². The van der Waals surface area contributed by atoms with Crippen LogP contribution in [-0.2, 0) is 4.79 Å². The molecule has 0 saturated carbocycles. The lowest BCUT2D eigenvalue weighted by Crippen LogP contribution is -2.36. The van der Waals surface area contributed by atoms with E-state index in [9.17, 15) is 9.59 Å². The topological polar surface area (TPSA) is 58.6 Å². The summed E-state index contributed by atoms with van der Waals surface area (Å²) in [5, 5.41) is 2.58. The first kappa shape index (κ1) is 14.2. The maximum atomic E-state index is 11.9. The lowest BCUT2D eigenvalue weighted by atomic mass is 10.1. The van der Waals surface area contributed by atoms with Crippen molar-refractivity contribution in [3.63, 3.8) is 0 Å². The molecule has 0 bridgehead atoms. The number of methoxy groups -OCH3 is 1. The second-order valence-corrected chi connectivity index (χ2v) is 4.09. The third kappa shape index (κ3) is 3.85. The third-order valence-corrected chi connectivity index (χ3v) is 2.40. The summed E-state index contributed by atoms with van der Waals surface area (Å²) in [5.74, 6) is -0.780. The summed E-state index contributed by atoms with van der Waals surface area (Å²) >= 11 is 0. The molecule has 98 valence electrons. The van der Waals surface area contributed by atoms with E-state index in [1.54, 1.807) is 24.3 Å². The number of rotatable bonds is 6. The number of amides is 1. The van der Waals surface area contributed by atoms with Crippen molar-refractivity contribution >= 4 is 11.7 Å². The third-order valence-electron chi connectivity index (χ3n) is 2.40. The quantitative estimate of drug-likeness (QED) is 0.592. The highest BCUT2D eigenvalue weighted by Gasteiger charge is 2.19. The summed E-state index contributed by atoms with van der Waals surface area (Å²) in [4.78, 5) is 25.5. The van der Waals surface area contributed by atoms with E-state index < -0.39 is 11.7 Å². The molecular weight excluding hydrogens is 232 g/mol. The highest BCUT2D eigenvalue weighted by Crippen LogP contribution is 2.17. The number of likely N-dealkylation sites (N-methyl/N-ethyl adjacent to an activating group) is 1. The van der Waals surface area contributed by atoms with Gasteiger partial charge in [0.05, 0.1) is 12.7 Å². The molecule has 1 N–H and O–H groups in total. The van der Waals surface area contributed by atoms with Crippen molar-refractivity contribution in [1.29, 1.82) is 0 Å². The van der Waals surface area contributed by atoms with Gasteiger partial charge in [0, 0.05) is 13.1 Å². The summed E-state index contributed by atoms with van der Waals surface area (Å²) in [6.07, 6.45) is 0. The molecule has 18 heavy (non-hydrogen) atoms. The van der Waals surface area contributed by atoms with Crippen molar-refractivity contribution in [2.24, 2.45) is 0 Å². The van der Waals surface area contributed by atoms with Crippen LogP contribution in [0.1, 0.15) is 10.4 Å². The molecule has 0 fully saturated rings. The maximum absolute atomic E-state index is 11.9. The normalized spacial score (nSPS) is 10.2. The molecular formula is C13H18N2O3. The number of carbonyl (C=O) groups is 2. The van der Waals surface area contributed by atoms with Crippen LogP contribution in [-0.4, -0.2) is 50.9 Å². The number of ether oxygens (including phenoxy) is 1. The summed E-state index contributed by atoms with van der Waals surface area (Å²) < 4.78 is 5.05. The number of hydrogen-bond acceptors (Lipinski definition) is 4. The van der Waals surface area contributed by atoms with E-state index in [-0.39, 0.29) is 5.56 Å². The fourth-order valence-corrected chi connectivity index (χ4v) is 1.43. The van der Waals surface area contributed by atoms with Gasteiger partial charge >= 0.3 is 0 Å².